The van der Waals surface area contributed by atoms with Crippen molar-refractivity contribution in [3.05, 3.63) is 47.5 Å². The maximum absolute atomic E-state index is 9.86. The summed E-state index contributed by atoms with van der Waals surface area (Å²) in [5, 5.41) is 0.808. The van der Waals surface area contributed by atoms with E-state index in [-0.39, 0.29) is 0 Å². The van der Waals surface area contributed by atoms with Gasteiger partial charge in [-0.2, -0.15) is 16.8 Å². The molecular weight excluding hydrogens is 534 g/mol. The van der Waals surface area contributed by atoms with Crippen molar-refractivity contribution < 1.29 is 25.9 Å². The van der Waals surface area contributed by atoms with Crippen LogP contribution in [0.15, 0.2) is 52.3 Å². The standard InChI is InChI=1S/C20H24ClN3S.C2H6O6S2/c1-22-11-13-23(14-12-22)9-4-10-24-17-5-2-3-6-19(17)25-20-8-7-16(21)15-18(20)24;3-9(4,5)1-2-10(6,7)8/h2-3,5-8,15H,4,9-14H2,1H3;1-2H2,(H,3,4,5)(H,6,7,8). The molecule has 2 aliphatic rings. The molecule has 0 aromatic heterocycles. The number of nitrogens with zero attached hydrogens (tertiary/aromatic N) is 3. The molecule has 1 fully saturated rings. The van der Waals surface area contributed by atoms with Gasteiger partial charge in [0.15, 0.2) is 0 Å². The Balaban J connectivity index is 0.000000292. The van der Waals surface area contributed by atoms with Crippen molar-refractivity contribution in [1.82, 2.24) is 9.80 Å². The lowest BCUT2D eigenvalue weighted by Crippen LogP contribution is -2.45. The van der Waals surface area contributed by atoms with Crippen LogP contribution in [0, 0.1) is 0 Å². The van der Waals surface area contributed by atoms with Crippen LogP contribution in [0.5, 0.6) is 0 Å². The summed E-state index contributed by atoms with van der Waals surface area (Å²) in [6, 6.07) is 14.9. The van der Waals surface area contributed by atoms with Crippen LogP contribution in [0.3, 0.4) is 0 Å². The largest absolute Gasteiger partial charge is 0.340 e. The minimum absolute atomic E-state index is 0.808. The molecule has 194 valence electrons. The Bertz CT molecular complexity index is 1190. The highest BCUT2D eigenvalue weighted by Gasteiger charge is 2.23. The normalized spacial score (nSPS) is 16.7. The number of likely N-dealkylation sites (N-methyl/N-ethyl adjacent to an activating group) is 1. The molecule has 2 N–H and O–H groups in total. The summed E-state index contributed by atoms with van der Waals surface area (Å²) in [5.41, 5.74) is 2.55. The van der Waals surface area contributed by atoms with Crippen LogP contribution < -0.4 is 4.90 Å². The first-order valence-corrected chi connectivity index (χ1v) is 15.5. The minimum atomic E-state index is -4.30. The van der Waals surface area contributed by atoms with Crippen LogP contribution in [-0.4, -0.2) is 93.6 Å². The second-order valence-corrected chi connectivity index (χ2v) is 13.1. The lowest BCUT2D eigenvalue weighted by atomic mass is 10.2. The number of anilines is 2. The van der Waals surface area contributed by atoms with Crippen LogP contribution in [0.25, 0.3) is 0 Å². The smallest absolute Gasteiger partial charge is 0.265 e. The highest BCUT2D eigenvalue weighted by molar-refractivity contribution is 7.99. The van der Waals surface area contributed by atoms with Gasteiger partial charge in [0, 0.05) is 47.5 Å². The number of para-hydroxylation sites is 1. The molecule has 2 aliphatic heterocycles. The SMILES string of the molecule is CN1CCN(CCCN2c3ccccc3Sc3ccc(Cl)cc32)CC1.O=S(=O)(O)CCS(=O)(=O)O. The Labute approximate surface area is 216 Å². The van der Waals surface area contributed by atoms with Gasteiger partial charge in [-0.25, -0.2) is 0 Å². The number of hydrogen-bond acceptors (Lipinski definition) is 8. The van der Waals surface area contributed by atoms with Gasteiger partial charge in [-0.3, -0.25) is 9.11 Å². The van der Waals surface area contributed by atoms with Crippen molar-refractivity contribution in [2.75, 3.05) is 62.7 Å². The third kappa shape index (κ3) is 9.21. The van der Waals surface area contributed by atoms with Crippen molar-refractivity contribution in [2.45, 2.75) is 16.2 Å². The van der Waals surface area contributed by atoms with Crippen molar-refractivity contribution >= 4 is 55.0 Å². The minimum Gasteiger partial charge on any atom is -0.340 e. The summed E-state index contributed by atoms with van der Waals surface area (Å²) in [7, 11) is -6.38. The molecule has 2 heterocycles. The van der Waals surface area contributed by atoms with E-state index in [1.165, 1.54) is 47.3 Å². The number of piperazine rings is 1. The average molecular weight is 564 g/mol. The third-order valence-electron chi connectivity index (χ3n) is 5.64. The maximum Gasteiger partial charge on any atom is 0.265 e. The molecule has 13 heteroatoms. The van der Waals surface area contributed by atoms with Gasteiger partial charge in [0.05, 0.1) is 22.9 Å². The summed E-state index contributed by atoms with van der Waals surface area (Å²) in [6.45, 7) is 6.92. The summed E-state index contributed by atoms with van der Waals surface area (Å²) < 4.78 is 55.4. The van der Waals surface area contributed by atoms with E-state index >= 15 is 0 Å². The fourth-order valence-electron chi connectivity index (χ4n) is 3.78. The van der Waals surface area contributed by atoms with Crippen molar-refractivity contribution in [3.63, 3.8) is 0 Å². The summed E-state index contributed by atoms with van der Waals surface area (Å²) in [5.74, 6) is -1.96. The number of rotatable bonds is 7. The van der Waals surface area contributed by atoms with Crippen molar-refractivity contribution in [1.29, 1.82) is 0 Å². The van der Waals surface area contributed by atoms with Crippen molar-refractivity contribution in [3.8, 4) is 0 Å². The number of hydrogen-bond donors (Lipinski definition) is 2. The molecule has 2 aromatic rings. The van der Waals surface area contributed by atoms with Crippen LogP contribution in [0.2, 0.25) is 5.02 Å². The van der Waals surface area contributed by atoms with E-state index in [2.05, 4.69) is 58.1 Å². The molecular formula is C22H30ClN3O6S3. The molecule has 0 aliphatic carbocycles. The van der Waals surface area contributed by atoms with E-state index in [4.69, 9.17) is 20.7 Å². The number of fused-ring (bicyclic) bond motifs is 2. The fourth-order valence-corrected chi connectivity index (χ4v) is 6.71. The molecule has 0 radical (unpaired) electrons. The van der Waals surface area contributed by atoms with E-state index in [0.717, 1.165) is 24.5 Å². The number of benzene rings is 2. The molecule has 0 bridgehead atoms. The molecule has 0 atom stereocenters. The van der Waals surface area contributed by atoms with Crippen LogP contribution >= 0.6 is 23.4 Å². The molecule has 0 amide bonds. The zero-order valence-electron chi connectivity index (χ0n) is 19.4. The van der Waals surface area contributed by atoms with Gasteiger partial charge >= 0.3 is 0 Å². The van der Waals surface area contributed by atoms with E-state index in [9.17, 15) is 16.8 Å². The quantitative estimate of drug-likeness (QED) is 0.485. The van der Waals surface area contributed by atoms with E-state index in [1.807, 2.05) is 17.8 Å². The third-order valence-corrected chi connectivity index (χ3v) is 8.70. The molecule has 4 rings (SSSR count). The predicted molar refractivity (Wildman–Crippen MR) is 140 cm³/mol. The molecule has 35 heavy (non-hydrogen) atoms. The van der Waals surface area contributed by atoms with Crippen LogP contribution in [-0.2, 0) is 20.2 Å². The van der Waals surface area contributed by atoms with E-state index in [0.29, 0.717) is 0 Å². The van der Waals surface area contributed by atoms with Crippen LogP contribution in [0.4, 0.5) is 11.4 Å². The zero-order valence-corrected chi connectivity index (χ0v) is 22.6. The van der Waals surface area contributed by atoms with Crippen LogP contribution in [0.1, 0.15) is 6.42 Å². The zero-order chi connectivity index (χ0) is 25.6. The molecule has 2 aromatic carbocycles. The van der Waals surface area contributed by atoms with E-state index in [1.54, 1.807) is 0 Å². The first-order valence-electron chi connectivity index (χ1n) is 11.1. The Morgan fingerprint density at radius 2 is 1.46 bits per heavy atom. The predicted octanol–water partition coefficient (Wildman–Crippen LogP) is 3.34. The second kappa shape index (κ2) is 12.2. The summed E-state index contributed by atoms with van der Waals surface area (Å²) in [4.78, 5) is 10.1. The van der Waals surface area contributed by atoms with Gasteiger partial charge in [0.1, 0.15) is 0 Å². The van der Waals surface area contributed by atoms with Gasteiger partial charge in [0.2, 0.25) is 0 Å². The second-order valence-electron chi connectivity index (χ2n) is 8.40. The summed E-state index contributed by atoms with van der Waals surface area (Å²) >= 11 is 8.13. The topological polar surface area (TPSA) is 118 Å². The summed E-state index contributed by atoms with van der Waals surface area (Å²) in [6.07, 6.45) is 1.16. The highest BCUT2D eigenvalue weighted by atomic mass is 35.5. The molecule has 0 spiro atoms. The first-order chi connectivity index (χ1) is 16.4. The maximum atomic E-state index is 9.86. The number of halogens is 1. The lowest BCUT2D eigenvalue weighted by molar-refractivity contribution is 0.153. The molecule has 0 saturated carbocycles. The first kappa shape index (κ1) is 28.2. The average Bonchev–Trinajstić information content (AvgIpc) is 2.78. The Hall–Kier alpha value is -1.38. The Morgan fingerprint density at radius 1 is 0.857 bits per heavy atom. The monoisotopic (exact) mass is 563 g/mol. The van der Waals surface area contributed by atoms with Gasteiger partial charge < -0.3 is 14.7 Å². The fraction of sp³-hybridized carbons (Fsp3) is 0.455. The molecule has 1 saturated heterocycles. The molecule has 9 nitrogen and oxygen atoms in total. The van der Waals surface area contributed by atoms with Crippen molar-refractivity contribution in [2.24, 2.45) is 0 Å². The van der Waals surface area contributed by atoms with Gasteiger partial charge in [0.25, 0.3) is 20.2 Å². The Kier molecular flexibility index (Phi) is 9.86. The van der Waals surface area contributed by atoms with Gasteiger partial charge in [-0.05, 0) is 50.3 Å². The Morgan fingerprint density at radius 3 is 2.09 bits per heavy atom. The highest BCUT2D eigenvalue weighted by Crippen LogP contribution is 2.48. The van der Waals surface area contributed by atoms with Gasteiger partial charge in [-0.1, -0.05) is 35.5 Å². The van der Waals surface area contributed by atoms with Gasteiger partial charge in [-0.15, -0.1) is 0 Å². The van der Waals surface area contributed by atoms with E-state index < -0.39 is 31.7 Å². The lowest BCUT2D eigenvalue weighted by Gasteiger charge is -2.35. The molecule has 0 unspecified atom stereocenters.